The summed E-state index contributed by atoms with van der Waals surface area (Å²) in [5.41, 5.74) is 0.534. The molecule has 6 nitrogen and oxygen atoms in total. The summed E-state index contributed by atoms with van der Waals surface area (Å²) in [4.78, 5) is 2.32. The first-order valence-corrected chi connectivity index (χ1v) is 7.94. The van der Waals surface area contributed by atoms with Gasteiger partial charge in [0, 0.05) is 57.6 Å². The number of benzene rings is 1. The van der Waals surface area contributed by atoms with E-state index < -0.39 is 0 Å². The molecule has 3 rings (SSSR count). The minimum absolute atomic E-state index is 0. The number of phenols is 3. The average Bonchev–Trinajstić information content (AvgIpc) is 2.52. The topological polar surface area (TPSA) is 85.2 Å². The van der Waals surface area contributed by atoms with Gasteiger partial charge in [-0.2, -0.15) is 0 Å². The molecule has 2 saturated heterocycles. The van der Waals surface area contributed by atoms with Crippen LogP contribution in [0.1, 0.15) is 24.4 Å². The van der Waals surface area contributed by atoms with Crippen molar-refractivity contribution in [2.45, 2.75) is 18.9 Å². The van der Waals surface area contributed by atoms with Crippen molar-refractivity contribution in [2.75, 3.05) is 39.4 Å². The molecule has 138 valence electrons. The highest BCUT2D eigenvalue weighted by Crippen LogP contribution is 2.44. The number of rotatable bonds is 3. The number of nitrogens with zero attached hydrogens (tertiary/aromatic N) is 1. The highest BCUT2D eigenvalue weighted by Gasteiger charge is 2.34. The molecule has 0 spiro atoms. The van der Waals surface area contributed by atoms with E-state index in [9.17, 15) is 15.3 Å². The summed E-state index contributed by atoms with van der Waals surface area (Å²) in [5, 5.41) is 33.5. The van der Waals surface area contributed by atoms with Gasteiger partial charge in [-0.15, -0.1) is 24.8 Å². The van der Waals surface area contributed by atoms with Crippen LogP contribution in [0.15, 0.2) is 12.1 Å². The lowest BCUT2D eigenvalue weighted by molar-refractivity contribution is 0.0199. The highest BCUT2D eigenvalue weighted by atomic mass is 35.5. The molecule has 4 N–H and O–H groups in total. The minimum atomic E-state index is -0.121. The van der Waals surface area contributed by atoms with Crippen LogP contribution in [-0.2, 0) is 4.74 Å². The van der Waals surface area contributed by atoms with E-state index in [0.29, 0.717) is 24.7 Å². The van der Waals surface area contributed by atoms with E-state index in [1.807, 2.05) is 0 Å². The van der Waals surface area contributed by atoms with Gasteiger partial charge in [0.2, 0.25) is 0 Å². The van der Waals surface area contributed by atoms with E-state index >= 15 is 0 Å². The molecule has 0 radical (unpaired) electrons. The Morgan fingerprint density at radius 1 is 1.00 bits per heavy atom. The molecule has 0 amide bonds. The monoisotopic (exact) mass is 380 g/mol. The molecule has 2 fully saturated rings. The van der Waals surface area contributed by atoms with Gasteiger partial charge >= 0.3 is 0 Å². The smallest absolute Gasteiger partial charge is 0.127 e. The second kappa shape index (κ2) is 9.53. The second-order valence-corrected chi connectivity index (χ2v) is 6.08. The summed E-state index contributed by atoms with van der Waals surface area (Å²) in [7, 11) is 0. The SMILES string of the molecule is Cl.Cl.Oc1cc(O)c([C@H](C2CCOCC2)N2CCNCC2)c(O)c1. The van der Waals surface area contributed by atoms with Gasteiger partial charge in [0.15, 0.2) is 0 Å². The molecule has 8 heteroatoms. The first kappa shape index (κ1) is 21.1. The second-order valence-electron chi connectivity index (χ2n) is 6.08. The van der Waals surface area contributed by atoms with Crippen molar-refractivity contribution in [3.8, 4) is 17.2 Å². The van der Waals surface area contributed by atoms with Crippen LogP contribution in [-0.4, -0.2) is 59.6 Å². The lowest BCUT2D eigenvalue weighted by Gasteiger charge is -2.41. The van der Waals surface area contributed by atoms with E-state index in [1.165, 1.54) is 12.1 Å². The number of piperazine rings is 1. The molecular weight excluding hydrogens is 355 g/mol. The fraction of sp³-hybridized carbons (Fsp3) is 0.625. The van der Waals surface area contributed by atoms with Gasteiger partial charge in [-0.05, 0) is 18.8 Å². The van der Waals surface area contributed by atoms with Crippen molar-refractivity contribution in [3.63, 3.8) is 0 Å². The molecule has 0 saturated carbocycles. The van der Waals surface area contributed by atoms with E-state index in [4.69, 9.17) is 4.74 Å². The van der Waals surface area contributed by atoms with Crippen LogP contribution in [0.2, 0.25) is 0 Å². The van der Waals surface area contributed by atoms with Crippen molar-refractivity contribution in [1.82, 2.24) is 10.2 Å². The Morgan fingerprint density at radius 2 is 1.54 bits per heavy atom. The van der Waals surface area contributed by atoms with Gasteiger partial charge < -0.3 is 25.4 Å². The largest absolute Gasteiger partial charge is 0.508 e. The number of hydrogen-bond acceptors (Lipinski definition) is 6. The molecule has 2 heterocycles. The van der Waals surface area contributed by atoms with E-state index in [-0.39, 0.29) is 48.1 Å². The van der Waals surface area contributed by atoms with Gasteiger partial charge in [0.1, 0.15) is 17.2 Å². The van der Waals surface area contributed by atoms with Crippen molar-refractivity contribution in [1.29, 1.82) is 0 Å². The summed E-state index contributed by atoms with van der Waals surface area (Å²) in [5.74, 6) is 0.137. The maximum atomic E-state index is 10.3. The Labute approximate surface area is 154 Å². The Morgan fingerprint density at radius 3 is 2.08 bits per heavy atom. The molecule has 0 aromatic heterocycles. The molecule has 2 aliphatic heterocycles. The fourth-order valence-corrected chi connectivity index (χ4v) is 3.62. The summed E-state index contributed by atoms with van der Waals surface area (Å²) in [6.07, 6.45) is 1.82. The van der Waals surface area contributed by atoms with Crippen LogP contribution < -0.4 is 5.32 Å². The van der Waals surface area contributed by atoms with E-state index in [2.05, 4.69) is 10.2 Å². The van der Waals surface area contributed by atoms with Crippen molar-refractivity contribution >= 4 is 24.8 Å². The summed E-state index contributed by atoms with van der Waals surface area (Å²) >= 11 is 0. The molecule has 1 atom stereocenters. The number of aromatic hydroxyl groups is 3. The molecule has 1 aromatic rings. The zero-order chi connectivity index (χ0) is 15.5. The molecule has 0 bridgehead atoms. The Balaban J connectivity index is 0.00000144. The Kier molecular flexibility index (Phi) is 8.39. The van der Waals surface area contributed by atoms with Crippen molar-refractivity contribution < 1.29 is 20.1 Å². The number of halogens is 2. The van der Waals surface area contributed by atoms with Gasteiger partial charge in [-0.3, -0.25) is 4.90 Å². The first-order chi connectivity index (χ1) is 10.7. The predicted molar refractivity (Wildman–Crippen MR) is 96.7 cm³/mol. The first-order valence-electron chi connectivity index (χ1n) is 7.94. The summed E-state index contributed by atoms with van der Waals surface area (Å²) in [6, 6.07) is 2.57. The predicted octanol–water partition coefficient (Wildman–Crippen LogP) is 2.02. The molecule has 2 aliphatic rings. The van der Waals surface area contributed by atoms with Gasteiger partial charge in [0.25, 0.3) is 0 Å². The Hall–Kier alpha value is -0.920. The highest BCUT2D eigenvalue weighted by molar-refractivity contribution is 5.85. The van der Waals surface area contributed by atoms with Crippen LogP contribution in [0.4, 0.5) is 0 Å². The average molecular weight is 381 g/mol. The van der Waals surface area contributed by atoms with Crippen LogP contribution in [0.3, 0.4) is 0 Å². The quantitative estimate of drug-likeness (QED) is 0.641. The number of nitrogens with one attached hydrogen (secondary N) is 1. The maximum absolute atomic E-state index is 10.3. The van der Waals surface area contributed by atoms with Crippen molar-refractivity contribution in [3.05, 3.63) is 17.7 Å². The van der Waals surface area contributed by atoms with Crippen LogP contribution >= 0.6 is 24.8 Å². The van der Waals surface area contributed by atoms with E-state index in [0.717, 1.165) is 39.0 Å². The summed E-state index contributed by atoms with van der Waals surface area (Å²) < 4.78 is 5.46. The third-order valence-corrected chi connectivity index (χ3v) is 4.67. The standard InChI is InChI=1S/C16H24N2O4.2ClH/c19-12-9-13(20)15(14(21)10-12)16(11-1-7-22-8-2-11)18-5-3-17-4-6-18;;/h9-11,16-17,19-21H,1-8H2;2*1H/t16-;;/m0../s1. The molecule has 24 heavy (non-hydrogen) atoms. The third-order valence-electron chi connectivity index (χ3n) is 4.67. The fourth-order valence-electron chi connectivity index (χ4n) is 3.62. The number of phenolic OH excluding ortho intramolecular Hbond substituents is 3. The molecule has 0 unspecified atom stereocenters. The lowest BCUT2D eigenvalue weighted by Crippen LogP contribution is -2.47. The Bertz CT molecular complexity index is 480. The maximum Gasteiger partial charge on any atom is 0.127 e. The zero-order valence-corrected chi connectivity index (χ0v) is 15.1. The molecular formula is C16H26Cl2N2O4. The van der Waals surface area contributed by atoms with E-state index in [1.54, 1.807) is 0 Å². The number of ether oxygens (including phenoxy) is 1. The third kappa shape index (κ3) is 4.58. The van der Waals surface area contributed by atoms with Crippen molar-refractivity contribution in [2.24, 2.45) is 5.92 Å². The van der Waals surface area contributed by atoms with Gasteiger partial charge in [-0.25, -0.2) is 0 Å². The molecule has 1 aromatic carbocycles. The normalized spacial score (nSPS) is 20.7. The summed E-state index contributed by atoms with van der Waals surface area (Å²) in [6.45, 7) is 4.99. The lowest BCUT2D eigenvalue weighted by atomic mass is 9.84. The zero-order valence-electron chi connectivity index (χ0n) is 13.5. The molecule has 0 aliphatic carbocycles. The minimum Gasteiger partial charge on any atom is -0.508 e. The van der Waals surface area contributed by atoms with Crippen LogP contribution in [0.25, 0.3) is 0 Å². The van der Waals surface area contributed by atoms with Gasteiger partial charge in [-0.1, -0.05) is 0 Å². The van der Waals surface area contributed by atoms with Crippen LogP contribution in [0.5, 0.6) is 17.2 Å². The van der Waals surface area contributed by atoms with Crippen LogP contribution in [0, 0.1) is 5.92 Å². The van der Waals surface area contributed by atoms with Gasteiger partial charge in [0.05, 0.1) is 5.56 Å². The number of hydrogen-bond donors (Lipinski definition) is 4.